The molecular weight excluding hydrogens is 442 g/mol. The highest BCUT2D eigenvalue weighted by Gasteiger charge is 2.58. The van der Waals surface area contributed by atoms with Crippen LogP contribution in [0.2, 0.25) is 0 Å². The van der Waals surface area contributed by atoms with Crippen molar-refractivity contribution >= 4 is 5.82 Å². The van der Waals surface area contributed by atoms with Crippen LogP contribution in [-0.4, -0.2) is 65.0 Å². The Morgan fingerprint density at radius 2 is 1.91 bits per heavy atom. The number of pyridine rings is 1. The van der Waals surface area contributed by atoms with Crippen LogP contribution >= 0.6 is 0 Å². The lowest BCUT2D eigenvalue weighted by atomic mass is 10.0. The van der Waals surface area contributed by atoms with Crippen molar-refractivity contribution in [2.24, 2.45) is 11.8 Å². The second kappa shape index (κ2) is 9.09. The van der Waals surface area contributed by atoms with Crippen LogP contribution < -0.4 is 10.5 Å². The molecule has 33 heavy (non-hydrogen) atoms. The first-order valence-electron chi connectivity index (χ1n) is 11.3. The topological polar surface area (TPSA) is 78.4 Å². The molecule has 11 heteroatoms. The van der Waals surface area contributed by atoms with E-state index in [2.05, 4.69) is 19.7 Å². The molecule has 4 atom stereocenters. The average molecular weight is 469 g/mol. The highest BCUT2D eigenvalue weighted by atomic mass is 19.3. The Balaban J connectivity index is 1.35. The first kappa shape index (κ1) is 22.4. The van der Waals surface area contributed by atoms with Gasteiger partial charge in [-0.05, 0) is 43.2 Å². The van der Waals surface area contributed by atoms with Crippen molar-refractivity contribution in [3.63, 3.8) is 0 Å². The fraction of sp³-hybridized carbons (Fsp3) is 0.636. The number of hydrogen-bond acceptors (Lipinski definition) is 6. The van der Waals surface area contributed by atoms with E-state index >= 15 is 0 Å². The number of alkyl halides is 4. The summed E-state index contributed by atoms with van der Waals surface area (Å²) in [7, 11) is 0. The third-order valence-corrected chi connectivity index (χ3v) is 7.05. The number of nitrogen functional groups attached to an aromatic ring is 1. The fourth-order valence-corrected chi connectivity index (χ4v) is 5.58. The van der Waals surface area contributed by atoms with Crippen LogP contribution in [0.5, 0.6) is 5.75 Å². The lowest BCUT2D eigenvalue weighted by molar-refractivity contribution is -0.0494. The first-order chi connectivity index (χ1) is 15.9. The maximum absolute atomic E-state index is 13.3. The molecule has 2 aromatic heterocycles. The van der Waals surface area contributed by atoms with Gasteiger partial charge in [-0.25, -0.2) is 13.8 Å². The number of anilines is 1. The molecule has 1 saturated heterocycles. The minimum atomic E-state index is -3.05. The first-order valence-corrected chi connectivity index (χ1v) is 11.3. The third kappa shape index (κ3) is 4.65. The van der Waals surface area contributed by atoms with E-state index < -0.39 is 19.6 Å². The second-order valence-corrected chi connectivity index (χ2v) is 8.99. The largest absolute Gasteiger partial charge is 0.431 e. The van der Waals surface area contributed by atoms with Crippen molar-refractivity contribution in [1.29, 1.82) is 0 Å². The molecule has 0 bridgehead atoms. The van der Waals surface area contributed by atoms with Gasteiger partial charge in [0.1, 0.15) is 6.54 Å². The third-order valence-electron chi connectivity index (χ3n) is 7.05. The summed E-state index contributed by atoms with van der Waals surface area (Å²) in [5, 5.41) is 4.37. The molecule has 2 N–H and O–H groups in total. The number of aromatic nitrogens is 3. The Morgan fingerprint density at radius 3 is 2.64 bits per heavy atom. The zero-order valence-corrected chi connectivity index (χ0v) is 18.0. The number of ether oxygens (including phenoxy) is 2. The normalized spacial score (nSPS) is 27.7. The molecule has 0 spiro atoms. The molecule has 2 aromatic rings. The fourth-order valence-electron chi connectivity index (χ4n) is 5.58. The van der Waals surface area contributed by atoms with Crippen molar-refractivity contribution < 1.29 is 27.0 Å². The standard InChI is InChI=1S/C22H27F4N5O2/c23-19(24)11-31-17(9-16(29-31)12-6-18(33-22(25)26)21(27)28-10-12)20-14-7-13(8-15(14)20)30-2-1-4-32-5-3-30/h6,9-10,13-15,19-20,22H,1-5,7-8,11H2,(H2,27,28)/t13-,14-,15+,20+. The van der Waals surface area contributed by atoms with E-state index in [1.165, 1.54) is 16.9 Å². The summed E-state index contributed by atoms with van der Waals surface area (Å²) >= 11 is 0. The molecule has 0 aromatic carbocycles. The summed E-state index contributed by atoms with van der Waals surface area (Å²) in [6, 6.07) is 3.61. The molecule has 1 aliphatic heterocycles. The summed E-state index contributed by atoms with van der Waals surface area (Å²) in [5.74, 6) is 0.640. The average Bonchev–Trinajstić information content (AvgIpc) is 3.15. The zero-order valence-electron chi connectivity index (χ0n) is 18.0. The van der Waals surface area contributed by atoms with Gasteiger partial charge in [0, 0.05) is 49.1 Å². The Morgan fingerprint density at radius 1 is 1.12 bits per heavy atom. The van der Waals surface area contributed by atoms with Crippen molar-refractivity contribution in [1.82, 2.24) is 19.7 Å². The van der Waals surface area contributed by atoms with Crippen LogP contribution in [0.3, 0.4) is 0 Å². The molecule has 5 rings (SSSR count). The minimum Gasteiger partial charge on any atom is -0.431 e. The number of hydrogen-bond donors (Lipinski definition) is 1. The lowest BCUT2D eigenvalue weighted by Crippen LogP contribution is -2.36. The van der Waals surface area contributed by atoms with E-state index in [4.69, 9.17) is 10.5 Å². The summed E-state index contributed by atoms with van der Waals surface area (Å²) in [4.78, 5) is 6.40. The molecular formula is C22H27F4N5O2. The lowest BCUT2D eigenvalue weighted by Gasteiger charge is -2.28. The van der Waals surface area contributed by atoms with Gasteiger partial charge in [0.25, 0.3) is 6.43 Å². The number of rotatable bonds is 7. The summed E-state index contributed by atoms with van der Waals surface area (Å²) in [5.41, 5.74) is 7.17. The Kier molecular flexibility index (Phi) is 6.17. The predicted octanol–water partition coefficient (Wildman–Crippen LogP) is 3.61. The molecule has 3 heterocycles. The summed E-state index contributed by atoms with van der Waals surface area (Å²) < 4.78 is 63.2. The van der Waals surface area contributed by atoms with Crippen LogP contribution in [0.25, 0.3) is 11.3 Å². The molecule has 0 amide bonds. The van der Waals surface area contributed by atoms with Crippen molar-refractivity contribution in [2.45, 2.75) is 50.8 Å². The van der Waals surface area contributed by atoms with E-state index in [1.807, 2.05) is 0 Å². The van der Waals surface area contributed by atoms with Crippen LogP contribution in [0.1, 0.15) is 30.9 Å². The van der Waals surface area contributed by atoms with Gasteiger partial charge in [-0.2, -0.15) is 13.9 Å². The van der Waals surface area contributed by atoms with E-state index in [0.717, 1.165) is 51.3 Å². The van der Waals surface area contributed by atoms with Crippen molar-refractivity contribution in [2.75, 3.05) is 32.0 Å². The monoisotopic (exact) mass is 469 g/mol. The highest BCUT2D eigenvalue weighted by Crippen LogP contribution is 2.64. The Labute approximate surface area is 188 Å². The maximum atomic E-state index is 13.3. The highest BCUT2D eigenvalue weighted by molar-refractivity contribution is 5.64. The summed E-state index contributed by atoms with van der Waals surface area (Å²) in [6.07, 6.45) is 1.95. The van der Waals surface area contributed by atoms with Gasteiger partial charge in [0.2, 0.25) is 0 Å². The van der Waals surface area contributed by atoms with Crippen LogP contribution in [0, 0.1) is 11.8 Å². The van der Waals surface area contributed by atoms with Crippen molar-refractivity contribution in [3.05, 3.63) is 24.0 Å². The quantitative estimate of drug-likeness (QED) is 0.625. The Bertz CT molecular complexity index is 968. The zero-order chi connectivity index (χ0) is 23.1. The van der Waals surface area contributed by atoms with Gasteiger partial charge in [-0.1, -0.05) is 0 Å². The number of nitrogens with two attached hydrogens (primary N) is 1. The Hall–Kier alpha value is -2.40. The SMILES string of the molecule is Nc1ncc(-c2cc([C@H]3[C@@H]4C[C@@H](N5CCCOCC5)C[C@@H]43)n(CC(F)F)n2)cc1OC(F)F. The van der Waals surface area contributed by atoms with Crippen LogP contribution in [-0.2, 0) is 11.3 Å². The second-order valence-electron chi connectivity index (χ2n) is 8.99. The van der Waals surface area contributed by atoms with E-state index in [1.54, 1.807) is 6.07 Å². The minimum absolute atomic E-state index is 0.173. The molecule has 2 aliphatic carbocycles. The molecule has 180 valence electrons. The van der Waals surface area contributed by atoms with E-state index in [-0.39, 0.29) is 17.5 Å². The molecule has 0 radical (unpaired) electrons. The number of fused-ring (bicyclic) bond motifs is 1. The summed E-state index contributed by atoms with van der Waals surface area (Å²) in [6.45, 7) is -0.0256. The van der Waals surface area contributed by atoms with Gasteiger partial charge in [0.05, 0.1) is 12.3 Å². The maximum Gasteiger partial charge on any atom is 0.387 e. The van der Waals surface area contributed by atoms with Crippen LogP contribution in [0.15, 0.2) is 18.3 Å². The molecule has 3 aliphatic rings. The van der Waals surface area contributed by atoms with Gasteiger partial charge < -0.3 is 15.2 Å². The van der Waals surface area contributed by atoms with Gasteiger partial charge >= 0.3 is 6.61 Å². The van der Waals surface area contributed by atoms with Crippen LogP contribution in [0.4, 0.5) is 23.4 Å². The predicted molar refractivity (Wildman–Crippen MR) is 112 cm³/mol. The number of nitrogens with zero attached hydrogens (tertiary/aromatic N) is 4. The molecule has 7 nitrogen and oxygen atoms in total. The molecule has 2 saturated carbocycles. The van der Waals surface area contributed by atoms with Gasteiger partial charge in [-0.15, -0.1) is 0 Å². The smallest absolute Gasteiger partial charge is 0.387 e. The van der Waals surface area contributed by atoms with Crippen molar-refractivity contribution in [3.8, 4) is 17.0 Å². The van der Waals surface area contributed by atoms with Gasteiger partial charge in [0.15, 0.2) is 11.6 Å². The van der Waals surface area contributed by atoms with E-state index in [9.17, 15) is 17.6 Å². The molecule has 3 fully saturated rings. The van der Waals surface area contributed by atoms with E-state index in [0.29, 0.717) is 29.1 Å². The molecule has 0 unspecified atom stereocenters. The van der Waals surface area contributed by atoms with Gasteiger partial charge in [-0.3, -0.25) is 9.58 Å². The number of halogens is 4.